The average Bonchev–Trinajstić information content (AvgIpc) is 2.76. The van der Waals surface area contributed by atoms with E-state index in [0.29, 0.717) is 12.8 Å². The predicted octanol–water partition coefficient (Wildman–Crippen LogP) is 1.48. The summed E-state index contributed by atoms with van der Waals surface area (Å²) in [6.07, 6.45) is 8.22. The quantitative estimate of drug-likeness (QED) is 0.309. The Hall–Kier alpha value is -1.17. The van der Waals surface area contributed by atoms with Crippen LogP contribution < -0.4 is 0 Å². The lowest BCUT2D eigenvalue weighted by molar-refractivity contribution is -0.131. The summed E-state index contributed by atoms with van der Waals surface area (Å²) in [5, 5.41) is 37.5. The zero-order valence-corrected chi connectivity index (χ0v) is 12.4. The normalized spacial score (nSPS) is 29.2. The van der Waals surface area contributed by atoms with Crippen LogP contribution in [0.1, 0.15) is 39.0 Å². The van der Waals surface area contributed by atoms with Crippen LogP contribution in [0.3, 0.4) is 0 Å². The van der Waals surface area contributed by atoms with Crippen LogP contribution in [0.2, 0.25) is 0 Å². The minimum atomic E-state index is -1.09. The van der Waals surface area contributed by atoms with Gasteiger partial charge in [0.25, 0.3) is 0 Å². The van der Waals surface area contributed by atoms with Gasteiger partial charge < -0.3 is 20.4 Å². The molecule has 5 atom stereocenters. The minimum absolute atomic E-state index is 0.0556. The third kappa shape index (κ3) is 6.89. The van der Waals surface area contributed by atoms with Gasteiger partial charge in [-0.25, -0.2) is 4.79 Å². The molecule has 5 nitrogen and oxygen atoms in total. The molecule has 0 radical (unpaired) electrons. The maximum absolute atomic E-state index is 10.5. The number of hydrogen-bond acceptors (Lipinski definition) is 4. The Balaban J connectivity index is 2.50. The number of carbonyl (C=O) groups is 1. The number of hydrogen-bond donors (Lipinski definition) is 4. The van der Waals surface area contributed by atoms with E-state index >= 15 is 0 Å². The summed E-state index contributed by atoms with van der Waals surface area (Å²) >= 11 is 0. The fourth-order valence-electron chi connectivity index (χ4n) is 2.81. The molecule has 120 valence electrons. The van der Waals surface area contributed by atoms with E-state index in [2.05, 4.69) is 0 Å². The molecule has 0 bridgehead atoms. The van der Waals surface area contributed by atoms with Crippen molar-refractivity contribution in [3.63, 3.8) is 0 Å². The predicted molar refractivity (Wildman–Crippen MR) is 79.7 cm³/mol. The Kier molecular flexibility index (Phi) is 7.64. The zero-order valence-electron chi connectivity index (χ0n) is 12.4. The molecular formula is C16H26O5. The Morgan fingerprint density at radius 3 is 2.67 bits per heavy atom. The summed E-state index contributed by atoms with van der Waals surface area (Å²) in [6.45, 7) is 1.76. The topological polar surface area (TPSA) is 98.0 Å². The maximum Gasteiger partial charge on any atom is 0.328 e. The van der Waals surface area contributed by atoms with E-state index < -0.39 is 18.2 Å². The number of aliphatic hydroxyl groups is 3. The molecule has 1 rings (SSSR count). The van der Waals surface area contributed by atoms with Gasteiger partial charge in [0.15, 0.2) is 0 Å². The van der Waals surface area contributed by atoms with Gasteiger partial charge in [-0.3, -0.25) is 0 Å². The van der Waals surface area contributed by atoms with Crippen molar-refractivity contribution in [3.05, 3.63) is 24.3 Å². The van der Waals surface area contributed by atoms with Gasteiger partial charge in [-0.1, -0.05) is 12.2 Å². The lowest BCUT2D eigenvalue weighted by Crippen LogP contribution is -2.21. The van der Waals surface area contributed by atoms with Gasteiger partial charge in [-0.05, 0) is 56.9 Å². The van der Waals surface area contributed by atoms with Crippen LogP contribution in [0, 0.1) is 11.8 Å². The standard InChI is InChI=1S/C16H26O5/c1-11(17)5-3-2-4-6-12-9-13(18)10-14(12)15(19)7-8-16(20)21/h4,6-8,11-15,17-19H,2-3,5,9-10H2,1H3,(H,20,21)/b6-4+,8-7+/t11-,12+,13+,14+,15-/m0/s1. The molecule has 4 N–H and O–H groups in total. The lowest BCUT2D eigenvalue weighted by atomic mass is 9.90. The van der Waals surface area contributed by atoms with Crippen molar-refractivity contribution in [1.82, 2.24) is 0 Å². The second-order valence-electron chi connectivity index (χ2n) is 5.85. The van der Waals surface area contributed by atoms with Gasteiger partial charge in [0, 0.05) is 6.08 Å². The highest BCUT2D eigenvalue weighted by atomic mass is 16.4. The highest BCUT2D eigenvalue weighted by molar-refractivity contribution is 5.79. The van der Waals surface area contributed by atoms with Crippen LogP contribution in [0.25, 0.3) is 0 Å². The third-order valence-electron chi connectivity index (χ3n) is 3.89. The summed E-state index contributed by atoms with van der Waals surface area (Å²) < 4.78 is 0. The molecule has 21 heavy (non-hydrogen) atoms. The Morgan fingerprint density at radius 1 is 1.33 bits per heavy atom. The lowest BCUT2D eigenvalue weighted by Gasteiger charge is -2.19. The van der Waals surface area contributed by atoms with E-state index in [0.717, 1.165) is 25.3 Å². The van der Waals surface area contributed by atoms with Gasteiger partial charge in [0.05, 0.1) is 18.3 Å². The molecule has 0 unspecified atom stereocenters. The molecule has 1 saturated carbocycles. The maximum atomic E-state index is 10.5. The zero-order chi connectivity index (χ0) is 15.8. The SMILES string of the molecule is C[C@H](O)CCC/C=C/[C@@H]1C[C@@H](O)C[C@H]1[C@@H](O)/C=C/C(=O)O. The summed E-state index contributed by atoms with van der Waals surface area (Å²) in [5.41, 5.74) is 0. The van der Waals surface area contributed by atoms with Crippen molar-refractivity contribution in [2.45, 2.75) is 57.3 Å². The number of allylic oxidation sites excluding steroid dienone is 2. The molecule has 0 aromatic carbocycles. The van der Waals surface area contributed by atoms with Crippen molar-refractivity contribution < 1.29 is 25.2 Å². The summed E-state index contributed by atoms with van der Waals surface area (Å²) in [6, 6.07) is 0. The first-order valence-electron chi connectivity index (χ1n) is 7.52. The smallest absolute Gasteiger partial charge is 0.328 e. The minimum Gasteiger partial charge on any atom is -0.478 e. The second-order valence-corrected chi connectivity index (χ2v) is 5.85. The van der Waals surface area contributed by atoms with Gasteiger partial charge in [-0.15, -0.1) is 0 Å². The first kappa shape index (κ1) is 17.9. The Morgan fingerprint density at radius 2 is 2.05 bits per heavy atom. The molecule has 1 aliphatic rings. The molecule has 5 heteroatoms. The summed E-state index contributed by atoms with van der Waals surface area (Å²) in [4.78, 5) is 10.5. The van der Waals surface area contributed by atoms with E-state index in [1.165, 1.54) is 6.08 Å². The third-order valence-corrected chi connectivity index (χ3v) is 3.89. The van der Waals surface area contributed by atoms with E-state index in [1.54, 1.807) is 6.92 Å². The van der Waals surface area contributed by atoms with E-state index in [9.17, 15) is 20.1 Å². The van der Waals surface area contributed by atoms with Crippen molar-refractivity contribution >= 4 is 5.97 Å². The van der Waals surface area contributed by atoms with Crippen LogP contribution in [0.4, 0.5) is 0 Å². The Bertz CT molecular complexity index is 375. The van der Waals surface area contributed by atoms with Crippen molar-refractivity contribution in [3.8, 4) is 0 Å². The van der Waals surface area contributed by atoms with Gasteiger partial charge in [0.2, 0.25) is 0 Å². The molecular weight excluding hydrogens is 272 g/mol. The van der Waals surface area contributed by atoms with Gasteiger partial charge in [0.1, 0.15) is 0 Å². The molecule has 0 aromatic heterocycles. The first-order chi connectivity index (χ1) is 9.90. The molecule has 0 spiro atoms. The van der Waals surface area contributed by atoms with Crippen molar-refractivity contribution in [1.29, 1.82) is 0 Å². The number of carboxylic acid groups (broad SMARTS) is 1. The summed E-state index contributed by atoms with van der Waals surface area (Å²) in [7, 11) is 0. The van der Waals surface area contributed by atoms with Gasteiger partial charge in [-0.2, -0.15) is 0 Å². The fraction of sp³-hybridized carbons (Fsp3) is 0.688. The number of rotatable bonds is 8. The Labute approximate surface area is 125 Å². The number of carboxylic acids is 1. The molecule has 1 fully saturated rings. The van der Waals surface area contributed by atoms with E-state index in [-0.39, 0.29) is 17.9 Å². The number of unbranched alkanes of at least 4 members (excludes halogenated alkanes) is 1. The van der Waals surface area contributed by atoms with Gasteiger partial charge >= 0.3 is 5.97 Å². The van der Waals surface area contributed by atoms with Crippen LogP contribution in [-0.4, -0.2) is 44.7 Å². The van der Waals surface area contributed by atoms with Crippen molar-refractivity contribution in [2.24, 2.45) is 11.8 Å². The second kappa shape index (κ2) is 8.97. The average molecular weight is 298 g/mol. The highest BCUT2D eigenvalue weighted by Crippen LogP contribution is 2.36. The largest absolute Gasteiger partial charge is 0.478 e. The number of aliphatic carboxylic acids is 1. The molecule has 0 heterocycles. The number of aliphatic hydroxyl groups excluding tert-OH is 3. The summed E-state index contributed by atoms with van der Waals surface area (Å²) in [5.74, 6) is -1.18. The van der Waals surface area contributed by atoms with E-state index in [1.807, 2.05) is 12.2 Å². The van der Waals surface area contributed by atoms with Crippen molar-refractivity contribution in [2.75, 3.05) is 0 Å². The van der Waals surface area contributed by atoms with Crippen LogP contribution in [0.15, 0.2) is 24.3 Å². The monoisotopic (exact) mass is 298 g/mol. The van der Waals surface area contributed by atoms with Crippen LogP contribution >= 0.6 is 0 Å². The first-order valence-corrected chi connectivity index (χ1v) is 7.52. The molecule has 0 saturated heterocycles. The highest BCUT2D eigenvalue weighted by Gasteiger charge is 2.35. The molecule has 0 aliphatic heterocycles. The fourth-order valence-corrected chi connectivity index (χ4v) is 2.81. The van der Waals surface area contributed by atoms with E-state index in [4.69, 9.17) is 5.11 Å². The molecule has 1 aliphatic carbocycles. The molecule has 0 amide bonds. The van der Waals surface area contributed by atoms with Crippen LogP contribution in [-0.2, 0) is 4.79 Å². The van der Waals surface area contributed by atoms with Crippen LogP contribution in [0.5, 0.6) is 0 Å². The molecule has 0 aromatic rings.